The van der Waals surface area contributed by atoms with Crippen molar-refractivity contribution in [3.05, 3.63) is 71.3 Å². The average molecular weight is 472 g/mol. The van der Waals surface area contributed by atoms with Gasteiger partial charge in [0.1, 0.15) is 23.2 Å². The Kier molecular flexibility index (Phi) is 5.20. The molecule has 2 aliphatic rings. The van der Waals surface area contributed by atoms with Crippen LogP contribution in [0.4, 0.5) is 10.2 Å². The fourth-order valence-electron chi connectivity index (χ4n) is 4.85. The maximum atomic E-state index is 14.8. The summed E-state index contributed by atoms with van der Waals surface area (Å²) in [6, 6.07) is 8.63. The van der Waals surface area contributed by atoms with E-state index in [-0.39, 0.29) is 5.56 Å². The minimum absolute atomic E-state index is 0.0473. The minimum Gasteiger partial charge on any atom is -0.307 e. The van der Waals surface area contributed by atoms with Crippen LogP contribution in [0, 0.1) is 12.7 Å². The first-order chi connectivity index (χ1) is 17.0. The maximum absolute atomic E-state index is 14.8. The lowest BCUT2D eigenvalue weighted by Crippen LogP contribution is -2.16. The summed E-state index contributed by atoms with van der Waals surface area (Å²) in [5.74, 6) is 1.35. The number of hydrogen-bond acceptors (Lipinski definition) is 5. The molecule has 0 bridgehead atoms. The Labute approximate surface area is 202 Å². The molecule has 1 saturated carbocycles. The molecule has 1 aliphatic carbocycles. The molecule has 0 radical (unpaired) electrons. The average Bonchev–Trinajstić information content (AvgIpc) is 3.25. The van der Waals surface area contributed by atoms with Gasteiger partial charge in [0.25, 0.3) is 5.91 Å². The van der Waals surface area contributed by atoms with E-state index in [1.54, 1.807) is 24.5 Å². The van der Waals surface area contributed by atoms with Crippen molar-refractivity contribution in [2.45, 2.75) is 57.9 Å². The molecule has 9 heteroatoms. The molecule has 1 N–H and O–H groups in total. The highest BCUT2D eigenvalue weighted by molar-refractivity contribution is 6.04. The highest BCUT2D eigenvalue weighted by atomic mass is 19.1. The van der Waals surface area contributed by atoms with Crippen molar-refractivity contribution in [1.82, 2.24) is 29.3 Å². The Hall–Kier alpha value is -3.88. The molecule has 1 aliphatic heterocycles. The second kappa shape index (κ2) is 8.41. The van der Waals surface area contributed by atoms with E-state index in [1.165, 1.54) is 6.07 Å². The number of anilines is 1. The van der Waals surface area contributed by atoms with Gasteiger partial charge in [0.2, 0.25) is 0 Å². The van der Waals surface area contributed by atoms with Gasteiger partial charge in [0.05, 0.1) is 23.3 Å². The van der Waals surface area contributed by atoms with Gasteiger partial charge in [-0.1, -0.05) is 13.0 Å². The summed E-state index contributed by atoms with van der Waals surface area (Å²) < 4.78 is 18.8. The van der Waals surface area contributed by atoms with Crippen molar-refractivity contribution in [1.29, 1.82) is 0 Å². The van der Waals surface area contributed by atoms with E-state index in [4.69, 9.17) is 0 Å². The molecule has 6 rings (SSSR count). The molecule has 4 aromatic rings. The maximum Gasteiger partial charge on any atom is 0.259 e. The monoisotopic (exact) mass is 471 g/mol. The van der Waals surface area contributed by atoms with Crippen LogP contribution in [-0.2, 0) is 6.42 Å². The van der Waals surface area contributed by atoms with E-state index >= 15 is 0 Å². The standard InChI is InChI=1S/C26H26FN7O/c1-3-17-9-10-24-31-32-25(34(17)24)20-5-4-6-23(29-20)30-26(35)18-12-22(15(2)11-19(18)27)33-13-21(28-14-33)16-7-8-16/h4-6,11-14,16-17H,3,7-10H2,1-2H3,(H,29,30,35)/t17-/m1/s1. The summed E-state index contributed by atoms with van der Waals surface area (Å²) >= 11 is 0. The molecule has 1 aromatic carbocycles. The predicted octanol–water partition coefficient (Wildman–Crippen LogP) is 5.00. The van der Waals surface area contributed by atoms with Gasteiger partial charge in [0, 0.05) is 24.6 Å². The number of amides is 1. The lowest BCUT2D eigenvalue weighted by atomic mass is 10.1. The van der Waals surface area contributed by atoms with Crippen molar-refractivity contribution >= 4 is 11.7 Å². The zero-order valence-corrected chi connectivity index (χ0v) is 19.7. The number of aromatic nitrogens is 6. The van der Waals surface area contributed by atoms with Crippen LogP contribution < -0.4 is 5.32 Å². The third-order valence-corrected chi connectivity index (χ3v) is 6.93. The Bertz CT molecular complexity index is 1440. The van der Waals surface area contributed by atoms with Crippen molar-refractivity contribution in [2.75, 3.05) is 5.32 Å². The van der Waals surface area contributed by atoms with E-state index < -0.39 is 11.7 Å². The van der Waals surface area contributed by atoms with Crippen LogP contribution >= 0.6 is 0 Å². The first-order valence-corrected chi connectivity index (χ1v) is 12.1. The Balaban J connectivity index is 1.28. The summed E-state index contributed by atoms with van der Waals surface area (Å²) in [5.41, 5.74) is 3.06. The lowest BCUT2D eigenvalue weighted by molar-refractivity contribution is 0.102. The zero-order chi connectivity index (χ0) is 24.1. The van der Waals surface area contributed by atoms with Crippen LogP contribution in [0.5, 0.6) is 0 Å². The Morgan fingerprint density at radius 1 is 1.20 bits per heavy atom. The number of imidazole rings is 1. The molecular weight excluding hydrogens is 445 g/mol. The van der Waals surface area contributed by atoms with E-state index in [0.29, 0.717) is 29.3 Å². The molecule has 178 valence electrons. The fourth-order valence-corrected chi connectivity index (χ4v) is 4.85. The number of benzene rings is 1. The second-order valence-corrected chi connectivity index (χ2v) is 9.37. The quantitative estimate of drug-likeness (QED) is 0.427. The van der Waals surface area contributed by atoms with Crippen LogP contribution in [0.15, 0.2) is 42.9 Å². The van der Waals surface area contributed by atoms with Gasteiger partial charge in [0.15, 0.2) is 5.82 Å². The van der Waals surface area contributed by atoms with Crippen molar-refractivity contribution < 1.29 is 9.18 Å². The Morgan fingerprint density at radius 3 is 2.86 bits per heavy atom. The SMILES string of the molecule is CC[C@@H]1CCc2nnc(-c3cccc(NC(=O)c4cc(-n5cnc(C6CC6)c5)c(C)cc4F)n3)n21. The number of hydrogen-bond donors (Lipinski definition) is 1. The molecule has 4 heterocycles. The molecule has 1 atom stereocenters. The lowest BCUT2D eigenvalue weighted by Gasteiger charge is -2.13. The number of fused-ring (bicyclic) bond motifs is 1. The highest BCUT2D eigenvalue weighted by Crippen LogP contribution is 2.39. The van der Waals surface area contributed by atoms with Gasteiger partial charge in [-0.2, -0.15) is 0 Å². The van der Waals surface area contributed by atoms with E-state index in [2.05, 4.69) is 37.0 Å². The summed E-state index contributed by atoms with van der Waals surface area (Å²) in [7, 11) is 0. The smallest absolute Gasteiger partial charge is 0.259 e. The number of aryl methyl sites for hydroxylation is 2. The highest BCUT2D eigenvalue weighted by Gasteiger charge is 2.28. The summed E-state index contributed by atoms with van der Waals surface area (Å²) in [6.07, 6.45) is 8.91. The number of nitrogens with one attached hydrogen (secondary N) is 1. The molecule has 35 heavy (non-hydrogen) atoms. The molecule has 3 aromatic heterocycles. The number of nitrogens with zero attached hydrogens (tertiary/aromatic N) is 6. The van der Waals surface area contributed by atoms with Crippen LogP contribution in [0.1, 0.15) is 72.0 Å². The summed E-state index contributed by atoms with van der Waals surface area (Å²) in [4.78, 5) is 22.2. The molecular formula is C26H26FN7O. The molecule has 1 fully saturated rings. The first kappa shape index (κ1) is 21.6. The van der Waals surface area contributed by atoms with Crippen molar-refractivity contribution in [2.24, 2.45) is 0 Å². The van der Waals surface area contributed by atoms with Crippen LogP contribution in [0.25, 0.3) is 17.2 Å². The molecule has 8 nitrogen and oxygen atoms in total. The topological polar surface area (TPSA) is 90.5 Å². The zero-order valence-electron chi connectivity index (χ0n) is 19.7. The molecule has 0 unspecified atom stereocenters. The largest absolute Gasteiger partial charge is 0.307 e. The number of pyridine rings is 1. The van der Waals surface area contributed by atoms with Crippen LogP contribution in [0.3, 0.4) is 0 Å². The fraction of sp³-hybridized carbons (Fsp3) is 0.346. The van der Waals surface area contributed by atoms with Gasteiger partial charge < -0.3 is 14.5 Å². The summed E-state index contributed by atoms with van der Waals surface area (Å²) in [6.45, 7) is 3.97. The number of carbonyl (C=O) groups excluding carboxylic acids is 1. The number of rotatable bonds is 6. The van der Waals surface area contributed by atoms with Gasteiger partial charge in [-0.15, -0.1) is 10.2 Å². The van der Waals surface area contributed by atoms with Crippen LogP contribution in [-0.4, -0.2) is 35.2 Å². The first-order valence-electron chi connectivity index (χ1n) is 12.1. The molecule has 0 saturated heterocycles. The van der Waals surface area contributed by atoms with Crippen LogP contribution in [0.2, 0.25) is 0 Å². The predicted molar refractivity (Wildman–Crippen MR) is 129 cm³/mol. The van der Waals surface area contributed by atoms with Crippen molar-refractivity contribution in [3.8, 4) is 17.2 Å². The van der Waals surface area contributed by atoms with E-state index in [1.807, 2.05) is 23.8 Å². The van der Waals surface area contributed by atoms with Gasteiger partial charge in [-0.25, -0.2) is 14.4 Å². The van der Waals surface area contributed by atoms with E-state index in [0.717, 1.165) is 54.9 Å². The Morgan fingerprint density at radius 2 is 2.06 bits per heavy atom. The molecule has 0 spiro atoms. The van der Waals surface area contributed by atoms with Gasteiger partial charge in [-0.3, -0.25) is 4.79 Å². The van der Waals surface area contributed by atoms with Gasteiger partial charge >= 0.3 is 0 Å². The van der Waals surface area contributed by atoms with Gasteiger partial charge in [-0.05, 0) is 62.4 Å². The molecule has 1 amide bonds. The number of halogens is 1. The third kappa shape index (κ3) is 3.90. The normalized spacial score (nSPS) is 16.9. The second-order valence-electron chi connectivity index (χ2n) is 9.37. The minimum atomic E-state index is -0.580. The summed E-state index contributed by atoms with van der Waals surface area (Å²) in [5, 5.41) is 11.4. The van der Waals surface area contributed by atoms with E-state index in [9.17, 15) is 9.18 Å². The number of carbonyl (C=O) groups is 1. The third-order valence-electron chi connectivity index (χ3n) is 6.93. The van der Waals surface area contributed by atoms with Crippen molar-refractivity contribution in [3.63, 3.8) is 0 Å².